The third kappa shape index (κ3) is 4.13. The number of anilines is 3. The van der Waals surface area contributed by atoms with Crippen molar-refractivity contribution in [2.24, 2.45) is 0 Å². The highest BCUT2D eigenvalue weighted by Gasteiger charge is 2.33. The first-order valence-corrected chi connectivity index (χ1v) is 12.5. The van der Waals surface area contributed by atoms with Crippen LogP contribution in [0.15, 0.2) is 52.2 Å². The number of aromatic nitrogens is 2. The van der Waals surface area contributed by atoms with Crippen LogP contribution in [0.2, 0.25) is 0 Å². The Labute approximate surface area is 195 Å². The summed E-state index contributed by atoms with van der Waals surface area (Å²) >= 11 is 0. The van der Waals surface area contributed by atoms with Gasteiger partial charge in [-0.25, -0.2) is 13.4 Å². The minimum atomic E-state index is -3.45. The summed E-state index contributed by atoms with van der Waals surface area (Å²) in [7, 11) is -3.45. The minimum Gasteiger partial charge on any atom is -0.418 e. The van der Waals surface area contributed by atoms with E-state index in [1.165, 1.54) is 23.2 Å². The van der Waals surface area contributed by atoms with Crippen molar-refractivity contribution >= 4 is 39.0 Å². The van der Waals surface area contributed by atoms with Crippen molar-refractivity contribution in [3.05, 3.63) is 59.7 Å². The Hall–Kier alpha value is -3.77. The van der Waals surface area contributed by atoms with E-state index in [0.717, 1.165) is 38.1 Å². The smallest absolute Gasteiger partial charge is 0.305 e. The highest BCUT2D eigenvalue weighted by molar-refractivity contribution is 7.90. The van der Waals surface area contributed by atoms with Crippen LogP contribution in [0.3, 0.4) is 0 Å². The molecule has 2 N–H and O–H groups in total. The number of benzene rings is 1. The van der Waals surface area contributed by atoms with Crippen LogP contribution in [0, 0.1) is 0 Å². The Bertz CT molecular complexity index is 1380. The molecule has 0 unspecified atom stereocenters. The van der Waals surface area contributed by atoms with Gasteiger partial charge >= 0.3 is 6.01 Å². The largest absolute Gasteiger partial charge is 0.418 e. The van der Waals surface area contributed by atoms with Crippen LogP contribution in [-0.4, -0.2) is 62.6 Å². The van der Waals surface area contributed by atoms with Gasteiger partial charge in [0.1, 0.15) is 0 Å². The fourth-order valence-corrected chi connectivity index (χ4v) is 4.66. The first-order chi connectivity index (χ1) is 16.3. The van der Waals surface area contributed by atoms with Gasteiger partial charge in [0.25, 0.3) is 11.8 Å². The van der Waals surface area contributed by atoms with E-state index in [-0.39, 0.29) is 28.8 Å². The van der Waals surface area contributed by atoms with Gasteiger partial charge in [0.05, 0.1) is 35.2 Å². The molecule has 11 nitrogen and oxygen atoms in total. The van der Waals surface area contributed by atoms with Crippen LogP contribution in [-0.2, 0) is 16.4 Å². The summed E-state index contributed by atoms with van der Waals surface area (Å²) < 4.78 is 29.3. The average molecular weight is 483 g/mol. The van der Waals surface area contributed by atoms with Gasteiger partial charge in [-0.15, -0.1) is 0 Å². The molecule has 5 rings (SSSR count). The number of pyridine rings is 1. The van der Waals surface area contributed by atoms with Crippen molar-refractivity contribution in [3.63, 3.8) is 0 Å². The topological polar surface area (TPSA) is 138 Å². The van der Waals surface area contributed by atoms with Crippen LogP contribution >= 0.6 is 0 Å². The molecule has 1 aromatic carbocycles. The Kier molecular flexibility index (Phi) is 5.54. The number of rotatable bonds is 5. The van der Waals surface area contributed by atoms with Crippen molar-refractivity contribution in [3.8, 4) is 0 Å². The number of amides is 2. The second-order valence-electron chi connectivity index (χ2n) is 8.07. The van der Waals surface area contributed by atoms with E-state index < -0.39 is 21.7 Å². The molecular formula is C22H22N6O5S. The van der Waals surface area contributed by atoms with Gasteiger partial charge in [-0.05, 0) is 23.8 Å². The Morgan fingerprint density at radius 3 is 2.74 bits per heavy atom. The van der Waals surface area contributed by atoms with Crippen LogP contribution in [0.25, 0.3) is 0 Å². The molecule has 0 radical (unpaired) electrons. The van der Waals surface area contributed by atoms with Crippen molar-refractivity contribution in [1.29, 1.82) is 0 Å². The maximum atomic E-state index is 12.9. The molecule has 2 amide bonds. The van der Waals surface area contributed by atoms with Crippen molar-refractivity contribution in [2.45, 2.75) is 11.4 Å². The predicted molar refractivity (Wildman–Crippen MR) is 124 cm³/mol. The fraction of sp³-hybridized carbons (Fsp3) is 0.273. The first-order valence-electron chi connectivity index (χ1n) is 10.6. The third-order valence-electron chi connectivity index (χ3n) is 5.77. The molecule has 2 aliphatic rings. The molecule has 34 heavy (non-hydrogen) atoms. The Balaban J connectivity index is 1.34. The van der Waals surface area contributed by atoms with E-state index in [1.54, 1.807) is 18.5 Å². The van der Waals surface area contributed by atoms with Crippen LogP contribution in [0.1, 0.15) is 26.5 Å². The molecule has 1 fully saturated rings. The lowest BCUT2D eigenvalue weighted by Crippen LogP contribution is -2.43. The Morgan fingerprint density at radius 2 is 1.97 bits per heavy atom. The zero-order valence-electron chi connectivity index (χ0n) is 18.3. The summed E-state index contributed by atoms with van der Waals surface area (Å²) in [4.78, 5) is 37.4. The van der Waals surface area contributed by atoms with Gasteiger partial charge in [0, 0.05) is 44.2 Å². The number of piperazine rings is 1. The van der Waals surface area contributed by atoms with Gasteiger partial charge < -0.3 is 20.0 Å². The van der Waals surface area contributed by atoms with E-state index in [4.69, 9.17) is 4.42 Å². The summed E-state index contributed by atoms with van der Waals surface area (Å²) in [6.45, 7) is 3.46. The molecule has 12 heteroatoms. The monoisotopic (exact) mass is 482 g/mol. The summed E-state index contributed by atoms with van der Waals surface area (Å²) in [6.07, 6.45) is 5.59. The quantitative estimate of drug-likeness (QED) is 0.551. The minimum absolute atomic E-state index is 0.0410. The number of oxazole rings is 1. The summed E-state index contributed by atoms with van der Waals surface area (Å²) in [6, 6.07) is 6.21. The average Bonchev–Trinajstić information content (AvgIpc) is 3.44. The normalized spacial score (nSPS) is 16.0. The third-order valence-corrected chi connectivity index (χ3v) is 6.88. The van der Waals surface area contributed by atoms with Gasteiger partial charge in [0.2, 0.25) is 5.76 Å². The molecule has 3 aromatic rings. The highest BCUT2D eigenvalue weighted by atomic mass is 32.2. The molecule has 1 saturated heterocycles. The second kappa shape index (κ2) is 8.54. The van der Waals surface area contributed by atoms with Crippen LogP contribution < -0.4 is 20.4 Å². The molecular weight excluding hydrogens is 460 g/mol. The molecule has 0 spiro atoms. The van der Waals surface area contributed by atoms with E-state index in [9.17, 15) is 18.0 Å². The number of hydrogen-bond donors (Lipinski definition) is 2. The van der Waals surface area contributed by atoms with E-state index >= 15 is 0 Å². The molecule has 176 valence electrons. The Morgan fingerprint density at radius 1 is 1.18 bits per heavy atom. The number of nitrogens with zero attached hydrogens (tertiary/aromatic N) is 4. The van der Waals surface area contributed by atoms with Gasteiger partial charge in [-0.2, -0.15) is 0 Å². The van der Waals surface area contributed by atoms with Gasteiger partial charge in [0.15, 0.2) is 9.84 Å². The molecule has 2 aromatic heterocycles. The molecule has 0 bridgehead atoms. The van der Waals surface area contributed by atoms with Crippen molar-refractivity contribution < 1.29 is 22.4 Å². The predicted octanol–water partition coefficient (Wildman–Crippen LogP) is 1.30. The molecule has 2 aliphatic heterocycles. The zero-order valence-corrected chi connectivity index (χ0v) is 19.1. The summed E-state index contributed by atoms with van der Waals surface area (Å²) in [5.41, 5.74) is 2.32. The fourth-order valence-electron chi connectivity index (χ4n) is 4.01. The van der Waals surface area contributed by atoms with Crippen molar-refractivity contribution in [1.82, 2.24) is 15.3 Å². The van der Waals surface area contributed by atoms with Gasteiger partial charge in [-0.1, -0.05) is 6.07 Å². The van der Waals surface area contributed by atoms with Crippen LogP contribution in [0.4, 0.5) is 17.4 Å². The second-order valence-corrected chi connectivity index (χ2v) is 10.1. The zero-order chi connectivity index (χ0) is 23.9. The number of carbonyl (C=O) groups is 2. The SMILES string of the molecule is CS(=O)(=O)c1ccc2c(c1)C(=O)N(c1ncc(C(=O)Nc3cnccc3N3CCNCC3)o1)C2. The lowest BCUT2D eigenvalue weighted by atomic mass is 10.1. The highest BCUT2D eigenvalue weighted by Crippen LogP contribution is 2.30. The van der Waals surface area contributed by atoms with Crippen molar-refractivity contribution in [2.75, 3.05) is 47.6 Å². The van der Waals surface area contributed by atoms with E-state index in [0.29, 0.717) is 11.3 Å². The maximum Gasteiger partial charge on any atom is 0.305 e. The van der Waals surface area contributed by atoms with Gasteiger partial charge in [-0.3, -0.25) is 19.5 Å². The lowest BCUT2D eigenvalue weighted by molar-refractivity contribution is 0.0974. The number of sulfone groups is 1. The number of nitrogens with one attached hydrogen (secondary N) is 2. The standard InChI is InChI=1S/C22H22N6O5S/c1-34(31,32)15-3-2-14-13-28(21(30)16(14)10-15)22-25-12-19(33-22)20(29)26-17-11-24-5-4-18(17)27-8-6-23-7-9-27/h2-5,10-12,23H,6-9,13H2,1H3,(H,26,29). The number of fused-ring (bicyclic) bond motifs is 1. The maximum absolute atomic E-state index is 12.9. The lowest BCUT2D eigenvalue weighted by Gasteiger charge is -2.30. The molecule has 0 atom stereocenters. The first kappa shape index (κ1) is 22.0. The molecule has 4 heterocycles. The number of carbonyl (C=O) groups excluding carboxylic acids is 2. The van der Waals surface area contributed by atoms with Crippen LogP contribution in [0.5, 0.6) is 0 Å². The van der Waals surface area contributed by atoms with E-state index in [2.05, 4.69) is 25.5 Å². The number of hydrogen-bond acceptors (Lipinski definition) is 9. The summed E-state index contributed by atoms with van der Waals surface area (Å²) in [5.74, 6) is -1.03. The molecule has 0 aliphatic carbocycles. The molecule has 0 saturated carbocycles. The summed E-state index contributed by atoms with van der Waals surface area (Å²) in [5, 5.41) is 6.10. The van der Waals surface area contributed by atoms with E-state index in [1.807, 2.05) is 6.07 Å².